The number of carboxylic acid groups (broad SMARTS) is 1. The number of methoxy groups -OCH3 is 1. The Morgan fingerprint density at radius 3 is 2.41 bits per heavy atom. The third-order valence-corrected chi connectivity index (χ3v) is 4.36. The largest absolute Gasteiger partial charge is 0.497 e. The maximum absolute atomic E-state index is 13.0. The summed E-state index contributed by atoms with van der Waals surface area (Å²) in [6, 6.07) is 9.84. The number of imide groups is 2. The number of aliphatic carboxylic acids is 1. The number of barbiturate groups is 1. The first-order chi connectivity index (χ1) is 15.3. The molecule has 0 saturated carbocycles. The van der Waals surface area contributed by atoms with Crippen molar-refractivity contribution in [1.82, 2.24) is 5.32 Å². The molecular weight excluding hydrogens is 420 g/mol. The van der Waals surface area contributed by atoms with E-state index in [9.17, 15) is 19.2 Å². The summed E-state index contributed by atoms with van der Waals surface area (Å²) in [4.78, 5) is 49.3. The highest BCUT2D eigenvalue weighted by molar-refractivity contribution is 6.39. The molecule has 1 aliphatic heterocycles. The molecule has 1 saturated heterocycles. The second-order valence-corrected chi connectivity index (χ2v) is 6.48. The van der Waals surface area contributed by atoms with Gasteiger partial charge in [0.05, 0.1) is 19.4 Å². The van der Waals surface area contributed by atoms with Crippen molar-refractivity contribution < 1.29 is 38.5 Å². The van der Waals surface area contributed by atoms with Crippen LogP contribution in [0.4, 0.5) is 10.5 Å². The van der Waals surface area contributed by atoms with Gasteiger partial charge in [0.2, 0.25) is 0 Å². The van der Waals surface area contributed by atoms with Crippen LogP contribution in [0.3, 0.4) is 0 Å². The Labute approximate surface area is 183 Å². The Bertz CT molecular complexity index is 1090. The first-order valence-corrected chi connectivity index (χ1v) is 9.51. The van der Waals surface area contributed by atoms with E-state index in [2.05, 4.69) is 5.32 Å². The van der Waals surface area contributed by atoms with Gasteiger partial charge in [-0.05, 0) is 55.0 Å². The zero-order valence-corrected chi connectivity index (χ0v) is 17.3. The summed E-state index contributed by atoms with van der Waals surface area (Å²) in [7, 11) is 1.49. The Kier molecular flexibility index (Phi) is 6.74. The lowest BCUT2D eigenvalue weighted by molar-refractivity contribution is -0.139. The van der Waals surface area contributed by atoms with Gasteiger partial charge >= 0.3 is 12.0 Å². The predicted molar refractivity (Wildman–Crippen MR) is 113 cm³/mol. The van der Waals surface area contributed by atoms with Crippen molar-refractivity contribution >= 4 is 35.6 Å². The zero-order chi connectivity index (χ0) is 23.3. The zero-order valence-electron chi connectivity index (χ0n) is 17.3. The topological polar surface area (TPSA) is 131 Å². The number of nitrogens with zero attached hydrogens (tertiary/aromatic N) is 1. The van der Waals surface area contributed by atoms with Crippen LogP contribution in [0.2, 0.25) is 0 Å². The number of carbonyl (C=O) groups excluding carboxylic acids is 3. The first kappa shape index (κ1) is 22.3. The van der Waals surface area contributed by atoms with Crippen molar-refractivity contribution in [2.75, 3.05) is 25.2 Å². The van der Waals surface area contributed by atoms with Gasteiger partial charge in [0.1, 0.15) is 11.3 Å². The molecule has 2 N–H and O–H groups in total. The average Bonchev–Trinajstić information content (AvgIpc) is 2.76. The van der Waals surface area contributed by atoms with Crippen molar-refractivity contribution in [2.45, 2.75) is 6.92 Å². The molecule has 0 unspecified atom stereocenters. The Balaban J connectivity index is 1.94. The third-order valence-electron chi connectivity index (χ3n) is 4.36. The van der Waals surface area contributed by atoms with Crippen molar-refractivity contribution in [3.05, 3.63) is 53.6 Å². The second kappa shape index (κ2) is 9.65. The van der Waals surface area contributed by atoms with E-state index in [-0.39, 0.29) is 29.4 Å². The SMILES string of the molecule is CCOc1cc(C=C2C(=O)NC(=O)N(c3ccc(OC)cc3)C2=O)ccc1OCC(=O)O. The third kappa shape index (κ3) is 4.86. The Hall–Kier alpha value is -4.34. The van der Waals surface area contributed by atoms with Gasteiger partial charge in [-0.2, -0.15) is 0 Å². The summed E-state index contributed by atoms with van der Waals surface area (Å²) in [5, 5.41) is 10.9. The molecule has 0 aromatic heterocycles. The Morgan fingerprint density at radius 2 is 1.78 bits per heavy atom. The highest BCUT2D eigenvalue weighted by atomic mass is 16.5. The van der Waals surface area contributed by atoms with Crippen molar-refractivity contribution in [1.29, 1.82) is 0 Å². The summed E-state index contributed by atoms with van der Waals surface area (Å²) >= 11 is 0. The average molecular weight is 440 g/mol. The molecule has 166 valence electrons. The fourth-order valence-electron chi connectivity index (χ4n) is 2.93. The summed E-state index contributed by atoms with van der Waals surface area (Å²) < 4.78 is 15.7. The monoisotopic (exact) mass is 440 g/mol. The van der Waals surface area contributed by atoms with E-state index in [1.165, 1.54) is 43.5 Å². The number of amides is 4. The van der Waals surface area contributed by atoms with Gasteiger partial charge in [-0.3, -0.25) is 14.9 Å². The maximum Gasteiger partial charge on any atom is 0.341 e. The van der Waals surface area contributed by atoms with Crippen molar-refractivity contribution in [2.24, 2.45) is 0 Å². The van der Waals surface area contributed by atoms with Crippen LogP contribution in [-0.2, 0) is 14.4 Å². The summed E-state index contributed by atoms with van der Waals surface area (Å²) in [5.41, 5.74) is 0.417. The number of carboxylic acids is 1. The molecule has 2 aromatic carbocycles. The number of hydrogen-bond donors (Lipinski definition) is 2. The lowest BCUT2D eigenvalue weighted by Crippen LogP contribution is -2.54. The lowest BCUT2D eigenvalue weighted by atomic mass is 10.1. The molecule has 0 spiro atoms. The molecule has 0 aliphatic carbocycles. The van der Waals surface area contributed by atoms with E-state index < -0.39 is 30.4 Å². The van der Waals surface area contributed by atoms with Gasteiger partial charge in [-0.25, -0.2) is 14.5 Å². The van der Waals surface area contributed by atoms with E-state index in [4.69, 9.17) is 19.3 Å². The molecule has 3 rings (SSSR count). The normalized spacial score (nSPS) is 14.9. The molecule has 4 amide bonds. The standard InChI is InChI=1S/C22H20N2O8/c1-3-31-18-11-13(4-9-17(18)32-12-19(25)26)10-16-20(27)23-22(29)24(21(16)28)14-5-7-15(30-2)8-6-14/h4-11H,3,12H2,1-2H3,(H,25,26)(H,23,27,29). The van der Waals surface area contributed by atoms with Crippen LogP contribution >= 0.6 is 0 Å². The van der Waals surface area contributed by atoms with Crippen LogP contribution in [0.25, 0.3) is 6.08 Å². The van der Waals surface area contributed by atoms with Gasteiger partial charge in [-0.15, -0.1) is 0 Å². The fraction of sp³-hybridized carbons (Fsp3) is 0.182. The number of urea groups is 1. The molecule has 32 heavy (non-hydrogen) atoms. The number of carbonyl (C=O) groups is 4. The van der Waals surface area contributed by atoms with E-state index in [0.717, 1.165) is 4.90 Å². The number of hydrogen-bond acceptors (Lipinski definition) is 7. The summed E-state index contributed by atoms with van der Waals surface area (Å²) in [5.74, 6) is -1.80. The minimum atomic E-state index is -1.15. The molecule has 1 fully saturated rings. The van der Waals surface area contributed by atoms with Crippen LogP contribution in [0, 0.1) is 0 Å². The van der Waals surface area contributed by atoms with Gasteiger partial charge in [-0.1, -0.05) is 6.07 Å². The second-order valence-electron chi connectivity index (χ2n) is 6.48. The van der Waals surface area contributed by atoms with Gasteiger partial charge in [0.15, 0.2) is 18.1 Å². The summed E-state index contributed by atoms with van der Waals surface area (Å²) in [6.45, 7) is 1.46. The van der Waals surface area contributed by atoms with E-state index >= 15 is 0 Å². The van der Waals surface area contributed by atoms with Crippen LogP contribution in [0.15, 0.2) is 48.0 Å². The fourth-order valence-corrected chi connectivity index (χ4v) is 2.93. The molecule has 10 nitrogen and oxygen atoms in total. The molecule has 2 aromatic rings. The number of ether oxygens (including phenoxy) is 3. The van der Waals surface area contributed by atoms with E-state index in [0.29, 0.717) is 11.3 Å². The molecule has 0 bridgehead atoms. The van der Waals surface area contributed by atoms with Crippen molar-refractivity contribution in [3.8, 4) is 17.2 Å². The van der Waals surface area contributed by atoms with Crippen LogP contribution < -0.4 is 24.4 Å². The molecule has 10 heteroatoms. The Morgan fingerprint density at radius 1 is 1.06 bits per heavy atom. The first-order valence-electron chi connectivity index (χ1n) is 9.51. The maximum atomic E-state index is 13.0. The molecule has 0 atom stereocenters. The number of benzene rings is 2. The van der Waals surface area contributed by atoms with E-state index in [1.54, 1.807) is 19.1 Å². The number of nitrogens with one attached hydrogen (secondary N) is 1. The molecular formula is C22H20N2O8. The van der Waals surface area contributed by atoms with Crippen LogP contribution in [0.5, 0.6) is 17.2 Å². The minimum Gasteiger partial charge on any atom is -0.497 e. The lowest BCUT2D eigenvalue weighted by Gasteiger charge is -2.26. The highest BCUT2D eigenvalue weighted by Crippen LogP contribution is 2.30. The quantitative estimate of drug-likeness (QED) is 0.472. The van der Waals surface area contributed by atoms with Gasteiger partial charge in [0, 0.05) is 0 Å². The molecule has 0 radical (unpaired) electrons. The predicted octanol–water partition coefficient (Wildman–Crippen LogP) is 2.22. The summed E-state index contributed by atoms with van der Waals surface area (Å²) in [6.07, 6.45) is 1.31. The molecule has 1 aliphatic rings. The van der Waals surface area contributed by atoms with Gasteiger partial charge in [0.25, 0.3) is 11.8 Å². The molecule has 1 heterocycles. The highest BCUT2D eigenvalue weighted by Gasteiger charge is 2.36. The number of rotatable bonds is 8. The smallest absolute Gasteiger partial charge is 0.341 e. The minimum absolute atomic E-state index is 0.200. The number of anilines is 1. The van der Waals surface area contributed by atoms with Gasteiger partial charge < -0.3 is 19.3 Å². The van der Waals surface area contributed by atoms with Crippen LogP contribution in [-0.4, -0.2) is 49.2 Å². The van der Waals surface area contributed by atoms with Crippen molar-refractivity contribution in [3.63, 3.8) is 0 Å². The van der Waals surface area contributed by atoms with E-state index in [1.807, 2.05) is 0 Å². The van der Waals surface area contributed by atoms with Crippen LogP contribution in [0.1, 0.15) is 12.5 Å².